The monoisotopic (exact) mass is 246 g/mol. The minimum Gasteiger partial charge on any atom is -0.368 e. The van der Waals surface area contributed by atoms with Gasteiger partial charge in [-0.2, -0.15) is 0 Å². The van der Waals surface area contributed by atoms with Crippen LogP contribution in [0.5, 0.6) is 0 Å². The first-order chi connectivity index (χ1) is 7.02. The summed E-state index contributed by atoms with van der Waals surface area (Å²) in [7, 11) is 0. The van der Waals surface area contributed by atoms with Gasteiger partial charge in [-0.25, -0.2) is 0 Å². The van der Waals surface area contributed by atoms with E-state index in [9.17, 15) is 4.79 Å². The predicted molar refractivity (Wildman–Crippen MR) is 62.0 cm³/mol. The Morgan fingerprint density at radius 1 is 1.47 bits per heavy atom. The highest BCUT2D eigenvalue weighted by atomic mass is 35.5. The fourth-order valence-corrected chi connectivity index (χ4v) is 1.59. The van der Waals surface area contributed by atoms with E-state index in [2.05, 4.69) is 5.32 Å². The van der Waals surface area contributed by atoms with Crippen molar-refractivity contribution in [2.75, 3.05) is 0 Å². The van der Waals surface area contributed by atoms with Crippen molar-refractivity contribution < 1.29 is 4.79 Å². The first kappa shape index (κ1) is 12.3. The average Bonchev–Trinajstić information content (AvgIpc) is 2.16. The third-order valence-electron chi connectivity index (χ3n) is 2.07. The smallest absolute Gasteiger partial charge is 0.234 e. The van der Waals surface area contributed by atoms with E-state index in [0.717, 1.165) is 5.56 Å². The SMILES string of the molecule is CC(NCc1c(Cl)cccc1Cl)C(N)=O. The van der Waals surface area contributed by atoms with E-state index in [4.69, 9.17) is 28.9 Å². The van der Waals surface area contributed by atoms with Gasteiger partial charge in [0.2, 0.25) is 5.91 Å². The lowest BCUT2D eigenvalue weighted by molar-refractivity contribution is -0.119. The third kappa shape index (κ3) is 3.38. The molecule has 0 aromatic heterocycles. The zero-order valence-corrected chi connectivity index (χ0v) is 9.77. The zero-order chi connectivity index (χ0) is 11.4. The second kappa shape index (κ2) is 5.35. The molecule has 0 saturated carbocycles. The van der Waals surface area contributed by atoms with Gasteiger partial charge in [0.15, 0.2) is 0 Å². The Morgan fingerprint density at radius 2 is 2.00 bits per heavy atom. The van der Waals surface area contributed by atoms with E-state index in [-0.39, 0.29) is 0 Å². The molecule has 1 aromatic carbocycles. The lowest BCUT2D eigenvalue weighted by atomic mass is 10.2. The van der Waals surface area contributed by atoms with Crippen LogP contribution in [0.15, 0.2) is 18.2 Å². The standard InChI is InChI=1S/C10H12Cl2N2O/c1-6(10(13)15)14-5-7-8(11)3-2-4-9(7)12/h2-4,6,14H,5H2,1H3,(H2,13,15). The molecule has 0 heterocycles. The Kier molecular flexibility index (Phi) is 4.39. The number of hydrogen-bond acceptors (Lipinski definition) is 2. The van der Waals surface area contributed by atoms with Crippen LogP contribution in [0, 0.1) is 0 Å². The van der Waals surface area contributed by atoms with Crippen LogP contribution in [0.25, 0.3) is 0 Å². The van der Waals surface area contributed by atoms with Crippen LogP contribution in [0.2, 0.25) is 10.0 Å². The van der Waals surface area contributed by atoms with E-state index in [1.54, 1.807) is 25.1 Å². The van der Waals surface area contributed by atoms with Crippen LogP contribution in [0.1, 0.15) is 12.5 Å². The minimum absolute atomic E-state index is 0.404. The first-order valence-electron chi connectivity index (χ1n) is 4.48. The first-order valence-corrected chi connectivity index (χ1v) is 5.23. The molecule has 0 saturated heterocycles. The molecule has 0 bridgehead atoms. The van der Waals surface area contributed by atoms with Crippen molar-refractivity contribution in [3.63, 3.8) is 0 Å². The van der Waals surface area contributed by atoms with Crippen molar-refractivity contribution in [3.8, 4) is 0 Å². The predicted octanol–water partition coefficient (Wildman–Crippen LogP) is 1.96. The molecular formula is C10H12Cl2N2O. The number of amides is 1. The lowest BCUT2D eigenvalue weighted by Crippen LogP contribution is -2.38. The molecule has 1 aromatic rings. The molecule has 0 aliphatic rings. The minimum atomic E-state index is -0.405. The van der Waals surface area contributed by atoms with Crippen LogP contribution < -0.4 is 11.1 Å². The van der Waals surface area contributed by atoms with Crippen molar-refractivity contribution in [1.29, 1.82) is 0 Å². The van der Waals surface area contributed by atoms with E-state index >= 15 is 0 Å². The van der Waals surface area contributed by atoms with Gasteiger partial charge >= 0.3 is 0 Å². The summed E-state index contributed by atoms with van der Waals surface area (Å²) >= 11 is 11.9. The van der Waals surface area contributed by atoms with Crippen LogP contribution in [0.3, 0.4) is 0 Å². The van der Waals surface area contributed by atoms with E-state index in [1.807, 2.05) is 0 Å². The number of primary amides is 1. The Morgan fingerprint density at radius 3 is 2.47 bits per heavy atom. The molecule has 82 valence electrons. The topological polar surface area (TPSA) is 55.1 Å². The van der Waals surface area contributed by atoms with Gasteiger partial charge in [-0.05, 0) is 19.1 Å². The number of rotatable bonds is 4. The number of carbonyl (C=O) groups excluding carboxylic acids is 1. The van der Waals surface area contributed by atoms with Crippen molar-refractivity contribution in [3.05, 3.63) is 33.8 Å². The maximum absolute atomic E-state index is 10.8. The van der Waals surface area contributed by atoms with Gasteiger partial charge in [0.05, 0.1) is 6.04 Å². The number of hydrogen-bond donors (Lipinski definition) is 2. The molecule has 15 heavy (non-hydrogen) atoms. The van der Waals surface area contributed by atoms with Crippen LogP contribution in [0.4, 0.5) is 0 Å². The van der Waals surface area contributed by atoms with E-state index in [1.165, 1.54) is 0 Å². The average molecular weight is 247 g/mol. The lowest BCUT2D eigenvalue weighted by Gasteiger charge is -2.12. The number of halogens is 2. The largest absolute Gasteiger partial charge is 0.368 e. The highest BCUT2D eigenvalue weighted by Crippen LogP contribution is 2.23. The Labute approximate surface area is 98.5 Å². The molecule has 5 heteroatoms. The molecule has 0 spiro atoms. The maximum atomic E-state index is 10.8. The Balaban J connectivity index is 2.69. The highest BCUT2D eigenvalue weighted by molar-refractivity contribution is 6.35. The molecule has 0 radical (unpaired) electrons. The molecule has 3 nitrogen and oxygen atoms in total. The van der Waals surface area contributed by atoms with Gasteiger partial charge in [0.25, 0.3) is 0 Å². The number of nitrogens with one attached hydrogen (secondary N) is 1. The number of benzene rings is 1. The summed E-state index contributed by atoms with van der Waals surface area (Å²) in [5.74, 6) is -0.404. The van der Waals surface area contributed by atoms with Gasteiger partial charge < -0.3 is 11.1 Å². The maximum Gasteiger partial charge on any atom is 0.234 e. The number of nitrogens with two attached hydrogens (primary N) is 1. The van der Waals surface area contributed by atoms with Crippen LogP contribution in [-0.4, -0.2) is 11.9 Å². The molecular weight excluding hydrogens is 235 g/mol. The summed E-state index contributed by atoms with van der Waals surface area (Å²) in [6.45, 7) is 2.11. The molecule has 1 unspecified atom stereocenters. The molecule has 1 atom stereocenters. The van der Waals surface area contributed by atoms with Crippen molar-refractivity contribution in [2.45, 2.75) is 19.5 Å². The number of carbonyl (C=O) groups is 1. The fraction of sp³-hybridized carbons (Fsp3) is 0.300. The van der Waals surface area contributed by atoms with Crippen molar-refractivity contribution in [2.24, 2.45) is 5.73 Å². The normalized spacial score (nSPS) is 12.5. The second-order valence-electron chi connectivity index (χ2n) is 3.21. The summed E-state index contributed by atoms with van der Waals surface area (Å²) in [6, 6.07) is 4.86. The summed E-state index contributed by atoms with van der Waals surface area (Å²) in [5, 5.41) is 4.09. The summed E-state index contributed by atoms with van der Waals surface area (Å²) in [6.07, 6.45) is 0. The Hall–Kier alpha value is -0.770. The summed E-state index contributed by atoms with van der Waals surface area (Å²) < 4.78 is 0. The summed E-state index contributed by atoms with van der Waals surface area (Å²) in [5.41, 5.74) is 5.88. The second-order valence-corrected chi connectivity index (χ2v) is 4.02. The van der Waals surface area contributed by atoms with Crippen LogP contribution in [-0.2, 0) is 11.3 Å². The van der Waals surface area contributed by atoms with Gasteiger partial charge in [0.1, 0.15) is 0 Å². The van der Waals surface area contributed by atoms with E-state index < -0.39 is 11.9 Å². The molecule has 3 N–H and O–H groups in total. The van der Waals surface area contributed by atoms with Gasteiger partial charge in [-0.15, -0.1) is 0 Å². The van der Waals surface area contributed by atoms with Gasteiger partial charge in [-0.1, -0.05) is 29.3 Å². The molecule has 1 amide bonds. The Bertz CT molecular complexity index is 348. The molecule has 0 aliphatic carbocycles. The van der Waals surface area contributed by atoms with E-state index in [0.29, 0.717) is 16.6 Å². The molecule has 0 fully saturated rings. The fourth-order valence-electron chi connectivity index (χ4n) is 1.06. The third-order valence-corrected chi connectivity index (χ3v) is 2.78. The molecule has 0 aliphatic heterocycles. The van der Waals surface area contributed by atoms with Crippen molar-refractivity contribution >= 4 is 29.1 Å². The quantitative estimate of drug-likeness (QED) is 0.854. The van der Waals surface area contributed by atoms with Gasteiger partial charge in [0, 0.05) is 22.2 Å². The van der Waals surface area contributed by atoms with Crippen LogP contribution >= 0.6 is 23.2 Å². The zero-order valence-electron chi connectivity index (χ0n) is 8.26. The van der Waals surface area contributed by atoms with Gasteiger partial charge in [-0.3, -0.25) is 4.79 Å². The highest BCUT2D eigenvalue weighted by Gasteiger charge is 2.10. The van der Waals surface area contributed by atoms with Crippen molar-refractivity contribution in [1.82, 2.24) is 5.32 Å². The summed E-state index contributed by atoms with van der Waals surface area (Å²) in [4.78, 5) is 10.8. The molecule has 1 rings (SSSR count).